The van der Waals surface area contributed by atoms with Crippen molar-refractivity contribution in [1.82, 2.24) is 15.5 Å². The van der Waals surface area contributed by atoms with E-state index in [0.29, 0.717) is 32.4 Å². The number of amides is 2. The number of rotatable bonds is 39. The standard InChI is InChI=1S/C43H86N6O2/c1-3-5-7-9-11-13-15-17-19-20-22-24-26-28-30-32-39-49(38-31-29-27-25-23-21-18-16-14-12-10-8-6-4-2)41(50)35-37-47-42(51)40(44)34-33-36-48-43(45)46/h17,19,40H,3-16,18,20-39,44H2,1-2H3,(H,47,51)(H4,45,46,48)/b19-17-. The van der Waals surface area contributed by atoms with E-state index in [1.165, 1.54) is 167 Å². The number of carbonyl (C=O) groups excluding carboxylic acids is 2. The van der Waals surface area contributed by atoms with Gasteiger partial charge in [0.1, 0.15) is 0 Å². The second kappa shape index (κ2) is 39.1. The van der Waals surface area contributed by atoms with Crippen molar-refractivity contribution in [3.8, 4) is 0 Å². The van der Waals surface area contributed by atoms with Gasteiger partial charge in [-0.25, -0.2) is 0 Å². The summed E-state index contributed by atoms with van der Waals surface area (Å²) < 4.78 is 0. The molecule has 8 nitrogen and oxygen atoms in total. The summed E-state index contributed by atoms with van der Waals surface area (Å²) in [7, 11) is 0. The summed E-state index contributed by atoms with van der Waals surface area (Å²) in [5, 5.41) is 12.8. The molecule has 0 radical (unpaired) electrons. The molecule has 7 N–H and O–H groups in total. The van der Waals surface area contributed by atoms with Crippen molar-refractivity contribution in [2.45, 2.75) is 219 Å². The Morgan fingerprint density at radius 3 is 1.37 bits per heavy atom. The summed E-state index contributed by atoms with van der Waals surface area (Å²) in [6, 6.07) is -0.623. The maximum atomic E-state index is 13.2. The molecule has 0 aliphatic carbocycles. The maximum Gasteiger partial charge on any atom is 0.236 e. The second-order valence-electron chi connectivity index (χ2n) is 15.0. The Labute approximate surface area is 316 Å². The van der Waals surface area contributed by atoms with E-state index < -0.39 is 6.04 Å². The molecule has 0 saturated heterocycles. The Bertz CT molecular complexity index is 820. The Kier molecular flexibility index (Phi) is 37.5. The largest absolute Gasteiger partial charge is 0.370 e. The Morgan fingerprint density at radius 1 is 0.569 bits per heavy atom. The van der Waals surface area contributed by atoms with Gasteiger partial charge in [-0.1, -0.05) is 167 Å². The number of allylic oxidation sites excluding steroid dienone is 2. The number of hydrogen-bond donors (Lipinski definition) is 5. The topological polar surface area (TPSA) is 137 Å². The van der Waals surface area contributed by atoms with Crippen molar-refractivity contribution >= 4 is 17.8 Å². The van der Waals surface area contributed by atoms with E-state index in [-0.39, 0.29) is 17.8 Å². The highest BCUT2D eigenvalue weighted by Gasteiger charge is 2.16. The summed E-state index contributed by atoms with van der Waals surface area (Å²) in [5.41, 5.74) is 11.3. The molecule has 0 aliphatic heterocycles. The summed E-state index contributed by atoms with van der Waals surface area (Å²) in [5.74, 6) is -0.170. The molecule has 0 fully saturated rings. The van der Waals surface area contributed by atoms with Crippen molar-refractivity contribution in [1.29, 1.82) is 5.41 Å². The predicted molar refractivity (Wildman–Crippen MR) is 221 cm³/mol. The number of nitrogens with zero attached hydrogens (tertiary/aromatic N) is 1. The summed E-state index contributed by atoms with van der Waals surface area (Å²) in [6.07, 6.45) is 42.8. The molecule has 0 aliphatic rings. The summed E-state index contributed by atoms with van der Waals surface area (Å²) in [6.45, 7) is 7.02. The Hall–Kier alpha value is -2.09. The van der Waals surface area contributed by atoms with Crippen molar-refractivity contribution in [2.24, 2.45) is 11.5 Å². The Morgan fingerprint density at radius 2 is 0.961 bits per heavy atom. The van der Waals surface area contributed by atoms with Gasteiger partial charge in [0.05, 0.1) is 6.04 Å². The van der Waals surface area contributed by atoms with E-state index in [4.69, 9.17) is 16.9 Å². The van der Waals surface area contributed by atoms with Crippen LogP contribution in [0.1, 0.15) is 213 Å². The van der Waals surface area contributed by atoms with E-state index in [2.05, 4.69) is 41.5 Å². The third-order valence-corrected chi connectivity index (χ3v) is 10.1. The molecule has 0 bridgehead atoms. The third-order valence-electron chi connectivity index (χ3n) is 10.1. The van der Waals surface area contributed by atoms with Crippen LogP contribution in [-0.4, -0.2) is 54.9 Å². The average Bonchev–Trinajstić information content (AvgIpc) is 3.12. The molecule has 0 aromatic rings. The quantitative estimate of drug-likeness (QED) is 0.0186. The highest BCUT2D eigenvalue weighted by molar-refractivity contribution is 5.82. The molecule has 0 aromatic carbocycles. The smallest absolute Gasteiger partial charge is 0.236 e. The summed E-state index contributed by atoms with van der Waals surface area (Å²) in [4.78, 5) is 27.7. The van der Waals surface area contributed by atoms with Gasteiger partial charge < -0.3 is 27.0 Å². The van der Waals surface area contributed by atoms with E-state index in [1.54, 1.807) is 0 Å². The van der Waals surface area contributed by atoms with Gasteiger partial charge in [-0.2, -0.15) is 0 Å². The fourth-order valence-corrected chi connectivity index (χ4v) is 6.67. The predicted octanol–water partition coefficient (Wildman–Crippen LogP) is 10.4. The molecule has 0 rings (SSSR count). The lowest BCUT2D eigenvalue weighted by atomic mass is 10.0. The highest BCUT2D eigenvalue weighted by atomic mass is 16.2. The van der Waals surface area contributed by atoms with Crippen LogP contribution in [0, 0.1) is 5.41 Å². The van der Waals surface area contributed by atoms with Gasteiger partial charge >= 0.3 is 0 Å². The molecule has 0 aromatic heterocycles. The van der Waals surface area contributed by atoms with Gasteiger partial charge in [-0.05, 0) is 51.4 Å². The SMILES string of the molecule is CCCCCCCC/C=C\CCCCCCCCN(CCCCCCCCCCCCCCCC)C(=O)CCNC(=O)C(N)CCCNC(=N)N. The molecule has 0 spiro atoms. The van der Waals surface area contributed by atoms with Crippen LogP contribution in [0.4, 0.5) is 0 Å². The van der Waals surface area contributed by atoms with Crippen LogP contribution >= 0.6 is 0 Å². The number of nitrogens with two attached hydrogens (primary N) is 2. The zero-order valence-corrected chi connectivity index (χ0v) is 33.9. The first-order chi connectivity index (χ1) is 24.9. The molecule has 0 saturated carbocycles. The van der Waals surface area contributed by atoms with Crippen molar-refractivity contribution in [3.63, 3.8) is 0 Å². The van der Waals surface area contributed by atoms with Crippen LogP contribution < -0.4 is 22.1 Å². The fraction of sp³-hybridized carbons (Fsp3) is 0.884. The molecule has 0 heterocycles. The normalized spacial score (nSPS) is 12.0. The van der Waals surface area contributed by atoms with E-state index in [0.717, 1.165) is 25.9 Å². The minimum absolute atomic E-state index is 0.0811. The van der Waals surface area contributed by atoms with Crippen molar-refractivity contribution in [2.75, 3.05) is 26.2 Å². The lowest BCUT2D eigenvalue weighted by Crippen LogP contribution is -2.43. The van der Waals surface area contributed by atoms with E-state index in [9.17, 15) is 9.59 Å². The molecule has 8 heteroatoms. The Balaban J connectivity index is 4.29. The minimum atomic E-state index is -0.623. The van der Waals surface area contributed by atoms with Crippen molar-refractivity contribution in [3.05, 3.63) is 12.2 Å². The number of hydrogen-bond acceptors (Lipinski definition) is 4. The molecule has 2 amide bonds. The molecule has 300 valence electrons. The maximum absolute atomic E-state index is 13.2. The molecule has 1 unspecified atom stereocenters. The molecular formula is C43H86N6O2. The van der Waals surface area contributed by atoms with Gasteiger partial charge in [-0.15, -0.1) is 0 Å². The van der Waals surface area contributed by atoms with E-state index in [1.807, 2.05) is 0 Å². The number of unbranched alkanes of at least 4 members (excludes halogenated alkanes) is 25. The lowest BCUT2D eigenvalue weighted by Gasteiger charge is -2.23. The second-order valence-corrected chi connectivity index (χ2v) is 15.0. The molecule has 51 heavy (non-hydrogen) atoms. The van der Waals surface area contributed by atoms with Gasteiger partial charge in [0.15, 0.2) is 5.96 Å². The van der Waals surface area contributed by atoms with Gasteiger partial charge in [-0.3, -0.25) is 15.0 Å². The zero-order valence-electron chi connectivity index (χ0n) is 33.9. The van der Waals surface area contributed by atoms with Crippen LogP contribution in [0.5, 0.6) is 0 Å². The van der Waals surface area contributed by atoms with Crippen LogP contribution in [0.2, 0.25) is 0 Å². The highest BCUT2D eigenvalue weighted by Crippen LogP contribution is 2.14. The first kappa shape index (κ1) is 48.9. The van der Waals surface area contributed by atoms with Gasteiger partial charge in [0.25, 0.3) is 0 Å². The first-order valence-corrected chi connectivity index (χ1v) is 22.0. The first-order valence-electron chi connectivity index (χ1n) is 22.0. The number of guanidine groups is 1. The molecule has 1 atom stereocenters. The van der Waals surface area contributed by atoms with Crippen LogP contribution in [0.3, 0.4) is 0 Å². The van der Waals surface area contributed by atoms with Crippen LogP contribution in [0.25, 0.3) is 0 Å². The van der Waals surface area contributed by atoms with Crippen LogP contribution in [0.15, 0.2) is 12.2 Å². The zero-order chi connectivity index (χ0) is 37.5. The monoisotopic (exact) mass is 719 g/mol. The van der Waals surface area contributed by atoms with E-state index >= 15 is 0 Å². The number of nitrogens with one attached hydrogen (secondary N) is 3. The van der Waals surface area contributed by atoms with Crippen LogP contribution in [-0.2, 0) is 9.59 Å². The third kappa shape index (κ3) is 36.1. The number of carbonyl (C=O) groups is 2. The van der Waals surface area contributed by atoms with Gasteiger partial charge in [0, 0.05) is 32.6 Å². The average molecular weight is 719 g/mol. The minimum Gasteiger partial charge on any atom is -0.370 e. The lowest BCUT2D eigenvalue weighted by molar-refractivity contribution is -0.131. The van der Waals surface area contributed by atoms with Gasteiger partial charge in [0.2, 0.25) is 11.8 Å². The fourth-order valence-electron chi connectivity index (χ4n) is 6.67. The van der Waals surface area contributed by atoms with Crippen molar-refractivity contribution < 1.29 is 9.59 Å². The molecular weight excluding hydrogens is 633 g/mol. The summed E-state index contributed by atoms with van der Waals surface area (Å²) >= 11 is 0.